The van der Waals surface area contributed by atoms with Crippen molar-refractivity contribution in [1.82, 2.24) is 15.4 Å². The van der Waals surface area contributed by atoms with Crippen LogP contribution in [-0.4, -0.2) is 55.7 Å². The van der Waals surface area contributed by atoms with E-state index in [-0.39, 0.29) is 24.8 Å². The Balaban J connectivity index is 4.36. The summed E-state index contributed by atoms with van der Waals surface area (Å²) < 4.78 is 25.6. The summed E-state index contributed by atoms with van der Waals surface area (Å²) in [6.07, 6.45) is -0.134. The van der Waals surface area contributed by atoms with Crippen molar-refractivity contribution in [1.29, 1.82) is 0 Å². The molecule has 0 fully saturated rings. The summed E-state index contributed by atoms with van der Waals surface area (Å²) in [6.45, 7) is 6.71. The number of sulfonamides is 1. The molecule has 1 atom stereocenters. The average Bonchev–Trinajstić information content (AvgIpc) is 2.41. The van der Waals surface area contributed by atoms with E-state index in [4.69, 9.17) is 5.11 Å². The first kappa shape index (κ1) is 22.3. The molecule has 0 spiro atoms. The summed E-state index contributed by atoms with van der Waals surface area (Å²) in [6, 6.07) is -1.16. The minimum Gasteiger partial charge on any atom is -0.480 e. The molecular formula is C14H27N3O6S. The van der Waals surface area contributed by atoms with Gasteiger partial charge in [-0.1, -0.05) is 13.8 Å². The van der Waals surface area contributed by atoms with Gasteiger partial charge in [0, 0.05) is 12.5 Å². The maximum Gasteiger partial charge on any atom is 0.326 e. The Bertz CT molecular complexity index is 545. The van der Waals surface area contributed by atoms with E-state index in [0.29, 0.717) is 0 Å². The average molecular weight is 365 g/mol. The smallest absolute Gasteiger partial charge is 0.326 e. The molecular weight excluding hydrogens is 338 g/mol. The molecule has 0 saturated heterocycles. The van der Waals surface area contributed by atoms with Crippen molar-refractivity contribution in [3.05, 3.63) is 0 Å². The molecule has 0 saturated carbocycles. The second-order valence-corrected chi connectivity index (χ2v) is 8.13. The van der Waals surface area contributed by atoms with Crippen LogP contribution >= 0.6 is 0 Å². The molecule has 1 unspecified atom stereocenters. The molecule has 0 aromatic rings. The number of carbonyl (C=O) groups is 3. The van der Waals surface area contributed by atoms with Crippen LogP contribution in [0, 0.1) is 5.92 Å². The predicted octanol–water partition coefficient (Wildman–Crippen LogP) is -0.564. The van der Waals surface area contributed by atoms with E-state index in [9.17, 15) is 22.8 Å². The van der Waals surface area contributed by atoms with Crippen LogP contribution < -0.4 is 15.4 Å². The standard InChI is InChI=1S/C14H27N3O6S/c1-9(2)7-11(14(20)21)17-12(18)5-6-24(22,23)15-8-13(19)16-10(3)4/h9-11,15H,5-8H2,1-4H3,(H,16,19)(H,17,18)(H,20,21). The molecule has 0 aliphatic heterocycles. The lowest BCUT2D eigenvalue weighted by molar-refractivity contribution is -0.142. The normalized spacial score (nSPS) is 12.9. The Hall–Kier alpha value is -1.68. The number of carbonyl (C=O) groups excluding carboxylic acids is 2. The Morgan fingerprint density at radius 1 is 1.00 bits per heavy atom. The molecule has 4 N–H and O–H groups in total. The van der Waals surface area contributed by atoms with Gasteiger partial charge in [-0.2, -0.15) is 0 Å². The van der Waals surface area contributed by atoms with Gasteiger partial charge in [0.05, 0.1) is 12.3 Å². The quantitative estimate of drug-likeness (QED) is 0.386. The lowest BCUT2D eigenvalue weighted by Gasteiger charge is -2.16. The molecule has 0 heterocycles. The van der Waals surface area contributed by atoms with E-state index in [0.717, 1.165) is 0 Å². The van der Waals surface area contributed by atoms with E-state index < -0.39 is 46.1 Å². The molecule has 0 aliphatic rings. The van der Waals surface area contributed by atoms with Crippen LogP contribution in [0.4, 0.5) is 0 Å². The predicted molar refractivity (Wildman–Crippen MR) is 88.7 cm³/mol. The highest BCUT2D eigenvalue weighted by atomic mass is 32.2. The number of carboxylic acids is 1. The molecule has 2 amide bonds. The van der Waals surface area contributed by atoms with Crippen LogP contribution in [-0.2, 0) is 24.4 Å². The van der Waals surface area contributed by atoms with Gasteiger partial charge in [-0.15, -0.1) is 0 Å². The van der Waals surface area contributed by atoms with Gasteiger partial charge in [0.2, 0.25) is 21.8 Å². The van der Waals surface area contributed by atoms with Crippen LogP contribution in [0.2, 0.25) is 0 Å². The number of carboxylic acid groups (broad SMARTS) is 1. The number of amides is 2. The van der Waals surface area contributed by atoms with Crippen molar-refractivity contribution < 1.29 is 27.9 Å². The van der Waals surface area contributed by atoms with Crippen LogP contribution in [0.5, 0.6) is 0 Å². The number of hydrogen-bond acceptors (Lipinski definition) is 5. The topological polar surface area (TPSA) is 142 Å². The molecule has 0 radical (unpaired) electrons. The summed E-state index contributed by atoms with van der Waals surface area (Å²) in [5.41, 5.74) is 0. The lowest BCUT2D eigenvalue weighted by atomic mass is 10.0. The molecule has 0 aliphatic carbocycles. The second-order valence-electron chi connectivity index (χ2n) is 6.20. The molecule has 10 heteroatoms. The fraction of sp³-hybridized carbons (Fsp3) is 0.786. The van der Waals surface area contributed by atoms with Gasteiger partial charge in [-0.25, -0.2) is 17.9 Å². The highest BCUT2D eigenvalue weighted by molar-refractivity contribution is 7.89. The first-order valence-corrected chi connectivity index (χ1v) is 9.37. The molecule has 9 nitrogen and oxygen atoms in total. The minimum atomic E-state index is -3.81. The van der Waals surface area contributed by atoms with E-state index in [1.165, 1.54) is 0 Å². The molecule has 140 valence electrons. The van der Waals surface area contributed by atoms with Crippen LogP contribution in [0.3, 0.4) is 0 Å². The van der Waals surface area contributed by atoms with Gasteiger partial charge >= 0.3 is 5.97 Å². The maximum atomic E-state index is 11.7. The number of nitrogens with one attached hydrogen (secondary N) is 3. The fourth-order valence-corrected chi connectivity index (χ4v) is 2.76. The van der Waals surface area contributed by atoms with E-state index in [1.54, 1.807) is 13.8 Å². The van der Waals surface area contributed by atoms with Gasteiger partial charge in [-0.3, -0.25) is 9.59 Å². The molecule has 24 heavy (non-hydrogen) atoms. The van der Waals surface area contributed by atoms with Gasteiger partial charge in [0.15, 0.2) is 0 Å². The van der Waals surface area contributed by atoms with Crippen LogP contribution in [0.15, 0.2) is 0 Å². The zero-order valence-electron chi connectivity index (χ0n) is 14.5. The van der Waals surface area contributed by atoms with Gasteiger partial charge in [0.25, 0.3) is 0 Å². The summed E-state index contributed by atoms with van der Waals surface area (Å²) >= 11 is 0. The number of aliphatic carboxylic acids is 1. The summed E-state index contributed by atoms with van der Waals surface area (Å²) in [7, 11) is -3.81. The third kappa shape index (κ3) is 10.9. The van der Waals surface area contributed by atoms with Crippen LogP contribution in [0.25, 0.3) is 0 Å². The van der Waals surface area contributed by atoms with Crippen molar-refractivity contribution in [2.75, 3.05) is 12.3 Å². The monoisotopic (exact) mass is 365 g/mol. The highest BCUT2D eigenvalue weighted by Gasteiger charge is 2.22. The van der Waals surface area contributed by atoms with Crippen molar-refractivity contribution in [2.24, 2.45) is 5.92 Å². The summed E-state index contributed by atoms with van der Waals surface area (Å²) in [4.78, 5) is 34.1. The SMILES string of the molecule is CC(C)CC(NC(=O)CCS(=O)(=O)NCC(=O)NC(C)C)C(=O)O. The first-order chi connectivity index (χ1) is 10.9. The van der Waals surface area contributed by atoms with E-state index in [2.05, 4.69) is 15.4 Å². The third-order valence-corrected chi connectivity index (χ3v) is 4.17. The second kappa shape index (κ2) is 10.2. The zero-order valence-corrected chi connectivity index (χ0v) is 15.3. The molecule has 0 aromatic carbocycles. The van der Waals surface area contributed by atoms with Gasteiger partial charge in [0.1, 0.15) is 6.04 Å². The zero-order chi connectivity index (χ0) is 18.9. The number of rotatable bonds is 11. The van der Waals surface area contributed by atoms with E-state index >= 15 is 0 Å². The van der Waals surface area contributed by atoms with Gasteiger partial charge < -0.3 is 15.7 Å². The molecule has 0 bridgehead atoms. The van der Waals surface area contributed by atoms with E-state index in [1.807, 2.05) is 13.8 Å². The van der Waals surface area contributed by atoms with Gasteiger partial charge in [-0.05, 0) is 26.2 Å². The largest absolute Gasteiger partial charge is 0.480 e. The summed E-state index contributed by atoms with van der Waals surface area (Å²) in [5.74, 6) is -2.76. The Kier molecular flexibility index (Phi) is 9.52. The number of hydrogen-bond donors (Lipinski definition) is 4. The summed E-state index contributed by atoms with van der Waals surface area (Å²) in [5, 5.41) is 13.9. The van der Waals surface area contributed by atoms with Crippen molar-refractivity contribution in [3.8, 4) is 0 Å². The first-order valence-electron chi connectivity index (χ1n) is 7.71. The third-order valence-electron chi connectivity index (χ3n) is 2.84. The van der Waals surface area contributed by atoms with Crippen molar-refractivity contribution >= 4 is 27.8 Å². The van der Waals surface area contributed by atoms with Crippen LogP contribution in [0.1, 0.15) is 40.5 Å². The fourth-order valence-electron chi connectivity index (χ4n) is 1.81. The molecule has 0 aromatic heterocycles. The highest BCUT2D eigenvalue weighted by Crippen LogP contribution is 2.05. The minimum absolute atomic E-state index is 0.0660. The Labute approximate surface area is 142 Å². The van der Waals surface area contributed by atoms with Crippen molar-refractivity contribution in [3.63, 3.8) is 0 Å². The maximum absolute atomic E-state index is 11.7. The van der Waals surface area contributed by atoms with Crippen molar-refractivity contribution in [2.45, 2.75) is 52.6 Å². The Morgan fingerprint density at radius 2 is 1.58 bits per heavy atom. The molecule has 0 rings (SSSR count). The Morgan fingerprint density at radius 3 is 2.04 bits per heavy atom. The lowest BCUT2D eigenvalue weighted by Crippen LogP contribution is -2.43.